The number of methoxy groups -OCH3 is 2. The third-order valence-corrected chi connectivity index (χ3v) is 4.02. The molecule has 5 heteroatoms. The topological polar surface area (TPSA) is 60.1 Å². The van der Waals surface area contributed by atoms with Crippen LogP contribution in [0.5, 0.6) is 11.5 Å². The molecule has 2 aromatic carbocycles. The maximum Gasteiger partial charge on any atom is 0.171 e. The van der Waals surface area contributed by atoms with Gasteiger partial charge in [-0.05, 0) is 42.3 Å². The number of hydrogen-bond donors (Lipinski definition) is 0. The van der Waals surface area contributed by atoms with Crippen LogP contribution in [-0.2, 0) is 6.54 Å². The third-order valence-electron chi connectivity index (χ3n) is 4.02. The van der Waals surface area contributed by atoms with E-state index in [4.69, 9.17) is 14.7 Å². The van der Waals surface area contributed by atoms with Crippen LogP contribution in [0.25, 0.3) is 11.4 Å². The van der Waals surface area contributed by atoms with Crippen LogP contribution in [-0.4, -0.2) is 23.8 Å². The number of rotatable bonds is 5. The first kappa shape index (κ1) is 16.6. The molecule has 0 aliphatic carbocycles. The number of nitrogens with zero attached hydrogens (tertiary/aromatic N) is 3. The van der Waals surface area contributed by atoms with Gasteiger partial charge in [0, 0.05) is 18.9 Å². The standard InChI is InChI=1S/C20H19N3O2/c1-14-10-17(19(25-3)18(11-14)24-2)20-22-8-9-23(20)13-16-6-4-15(12-21)5-7-16/h4-11H,13H2,1-3H3. The smallest absolute Gasteiger partial charge is 0.171 e. The van der Waals surface area contributed by atoms with E-state index < -0.39 is 0 Å². The van der Waals surface area contributed by atoms with E-state index in [2.05, 4.69) is 15.6 Å². The molecule has 0 unspecified atom stereocenters. The summed E-state index contributed by atoms with van der Waals surface area (Å²) in [5.41, 5.74) is 3.70. The molecule has 1 heterocycles. The number of imidazole rings is 1. The van der Waals surface area contributed by atoms with E-state index in [1.807, 2.05) is 49.5 Å². The molecule has 0 aliphatic rings. The van der Waals surface area contributed by atoms with E-state index >= 15 is 0 Å². The Bertz CT molecular complexity index is 921. The monoisotopic (exact) mass is 333 g/mol. The Kier molecular flexibility index (Phi) is 4.71. The maximum atomic E-state index is 8.92. The number of aromatic nitrogens is 2. The first-order chi connectivity index (χ1) is 12.2. The van der Waals surface area contributed by atoms with Crippen molar-refractivity contribution in [1.82, 2.24) is 9.55 Å². The molecule has 0 bridgehead atoms. The van der Waals surface area contributed by atoms with Crippen LogP contribution in [0.2, 0.25) is 0 Å². The van der Waals surface area contributed by atoms with Crippen molar-refractivity contribution in [3.8, 4) is 29.0 Å². The van der Waals surface area contributed by atoms with Crippen molar-refractivity contribution in [2.24, 2.45) is 0 Å². The van der Waals surface area contributed by atoms with Crippen LogP contribution in [0.1, 0.15) is 16.7 Å². The summed E-state index contributed by atoms with van der Waals surface area (Å²) in [6.07, 6.45) is 3.70. The molecule has 0 saturated carbocycles. The van der Waals surface area contributed by atoms with Gasteiger partial charge in [-0.3, -0.25) is 0 Å². The van der Waals surface area contributed by atoms with E-state index in [0.717, 1.165) is 22.5 Å². The normalized spacial score (nSPS) is 10.3. The second-order valence-corrected chi connectivity index (χ2v) is 5.74. The summed E-state index contributed by atoms with van der Waals surface area (Å²) >= 11 is 0. The van der Waals surface area contributed by atoms with Gasteiger partial charge in [-0.25, -0.2) is 4.98 Å². The van der Waals surface area contributed by atoms with Crippen LogP contribution in [0.15, 0.2) is 48.8 Å². The van der Waals surface area contributed by atoms with Crippen LogP contribution < -0.4 is 9.47 Å². The quantitative estimate of drug-likeness (QED) is 0.712. The fourth-order valence-corrected chi connectivity index (χ4v) is 2.83. The van der Waals surface area contributed by atoms with Crippen molar-refractivity contribution >= 4 is 0 Å². The van der Waals surface area contributed by atoms with Crippen molar-refractivity contribution in [2.75, 3.05) is 14.2 Å². The molecular weight excluding hydrogens is 314 g/mol. The molecule has 25 heavy (non-hydrogen) atoms. The minimum Gasteiger partial charge on any atom is -0.493 e. The zero-order chi connectivity index (χ0) is 17.8. The molecule has 3 rings (SSSR count). The van der Waals surface area contributed by atoms with E-state index in [1.165, 1.54) is 0 Å². The first-order valence-corrected chi connectivity index (χ1v) is 7.89. The number of ether oxygens (including phenoxy) is 2. The fourth-order valence-electron chi connectivity index (χ4n) is 2.83. The van der Waals surface area contributed by atoms with Gasteiger partial charge in [-0.15, -0.1) is 0 Å². The summed E-state index contributed by atoms with van der Waals surface area (Å²) < 4.78 is 13.1. The number of hydrogen-bond acceptors (Lipinski definition) is 4. The lowest BCUT2D eigenvalue weighted by Gasteiger charge is -2.15. The van der Waals surface area contributed by atoms with Crippen LogP contribution in [0.4, 0.5) is 0 Å². The highest BCUT2D eigenvalue weighted by Crippen LogP contribution is 2.38. The van der Waals surface area contributed by atoms with Gasteiger partial charge in [0.05, 0.1) is 31.4 Å². The van der Waals surface area contributed by atoms with Gasteiger partial charge in [-0.2, -0.15) is 5.26 Å². The SMILES string of the molecule is COc1cc(C)cc(-c2nccn2Cc2ccc(C#N)cc2)c1OC. The largest absolute Gasteiger partial charge is 0.493 e. The van der Waals surface area contributed by atoms with Crippen molar-refractivity contribution in [1.29, 1.82) is 5.26 Å². The van der Waals surface area contributed by atoms with Crippen LogP contribution in [0.3, 0.4) is 0 Å². The lowest BCUT2D eigenvalue weighted by molar-refractivity contribution is 0.355. The Balaban J connectivity index is 2.02. The van der Waals surface area contributed by atoms with Gasteiger partial charge in [-0.1, -0.05) is 12.1 Å². The molecule has 0 aliphatic heterocycles. The summed E-state index contributed by atoms with van der Waals surface area (Å²) in [5.74, 6) is 2.16. The van der Waals surface area contributed by atoms with Crippen molar-refractivity contribution in [2.45, 2.75) is 13.5 Å². The van der Waals surface area contributed by atoms with E-state index in [9.17, 15) is 0 Å². The zero-order valence-corrected chi connectivity index (χ0v) is 14.5. The molecule has 3 aromatic rings. The van der Waals surface area contributed by atoms with E-state index in [1.54, 1.807) is 20.4 Å². The fraction of sp³-hybridized carbons (Fsp3) is 0.200. The molecule has 0 fully saturated rings. The molecule has 0 spiro atoms. The number of benzene rings is 2. The van der Waals surface area contributed by atoms with Gasteiger partial charge in [0.15, 0.2) is 11.5 Å². The highest BCUT2D eigenvalue weighted by atomic mass is 16.5. The summed E-state index contributed by atoms with van der Waals surface area (Å²) in [6, 6.07) is 13.7. The van der Waals surface area contributed by atoms with Crippen molar-refractivity contribution in [3.63, 3.8) is 0 Å². The highest BCUT2D eigenvalue weighted by molar-refractivity contribution is 5.70. The molecule has 0 amide bonds. The van der Waals surface area contributed by atoms with Gasteiger partial charge in [0.2, 0.25) is 0 Å². The van der Waals surface area contributed by atoms with Gasteiger partial charge < -0.3 is 14.0 Å². The lowest BCUT2D eigenvalue weighted by Crippen LogP contribution is -2.03. The maximum absolute atomic E-state index is 8.92. The van der Waals surface area contributed by atoms with Gasteiger partial charge in [0.1, 0.15) is 5.82 Å². The predicted octanol–water partition coefficient (Wildman–Crippen LogP) is 3.80. The molecule has 0 atom stereocenters. The molecule has 0 radical (unpaired) electrons. The number of nitriles is 1. The summed E-state index contributed by atoms with van der Waals surface area (Å²) in [4.78, 5) is 4.52. The van der Waals surface area contributed by atoms with Gasteiger partial charge in [0.25, 0.3) is 0 Å². The average molecular weight is 333 g/mol. The zero-order valence-electron chi connectivity index (χ0n) is 14.5. The predicted molar refractivity (Wildman–Crippen MR) is 95.8 cm³/mol. The van der Waals surface area contributed by atoms with Gasteiger partial charge >= 0.3 is 0 Å². The van der Waals surface area contributed by atoms with Crippen LogP contribution >= 0.6 is 0 Å². The van der Waals surface area contributed by atoms with Crippen LogP contribution in [0, 0.1) is 18.3 Å². The van der Waals surface area contributed by atoms with Crippen molar-refractivity contribution in [3.05, 3.63) is 65.5 Å². The Morgan fingerprint density at radius 3 is 2.52 bits per heavy atom. The third kappa shape index (κ3) is 3.33. The average Bonchev–Trinajstić information content (AvgIpc) is 3.09. The molecule has 5 nitrogen and oxygen atoms in total. The Morgan fingerprint density at radius 1 is 1.12 bits per heavy atom. The van der Waals surface area contributed by atoms with Crippen molar-refractivity contribution < 1.29 is 9.47 Å². The summed E-state index contributed by atoms with van der Waals surface area (Å²) in [6.45, 7) is 2.67. The molecule has 0 N–H and O–H groups in total. The van der Waals surface area contributed by atoms with E-state index in [0.29, 0.717) is 23.6 Å². The first-order valence-electron chi connectivity index (χ1n) is 7.89. The number of aryl methyl sites for hydroxylation is 1. The second-order valence-electron chi connectivity index (χ2n) is 5.74. The summed E-state index contributed by atoms with van der Waals surface area (Å²) in [7, 11) is 3.26. The summed E-state index contributed by atoms with van der Waals surface area (Å²) in [5, 5.41) is 8.92. The molecule has 0 saturated heterocycles. The minimum atomic E-state index is 0.652. The Hall–Kier alpha value is -3.26. The molecule has 126 valence electrons. The van der Waals surface area contributed by atoms with E-state index in [-0.39, 0.29) is 0 Å². The molecule has 1 aromatic heterocycles. The second kappa shape index (κ2) is 7.10. The molecular formula is C20H19N3O2. The Morgan fingerprint density at radius 2 is 1.88 bits per heavy atom. The highest BCUT2D eigenvalue weighted by Gasteiger charge is 2.17. The minimum absolute atomic E-state index is 0.652. The lowest BCUT2D eigenvalue weighted by atomic mass is 10.1. The Labute approximate surface area is 147 Å².